The predicted octanol–water partition coefficient (Wildman–Crippen LogP) is 2.49. The van der Waals surface area contributed by atoms with Crippen LogP contribution in [0.5, 0.6) is 5.75 Å². The smallest absolute Gasteiger partial charge is 0.413 e. The van der Waals surface area contributed by atoms with E-state index in [-0.39, 0.29) is 42.2 Å². The number of pyridine rings is 1. The molecule has 5 rings (SSSR count). The molecule has 1 N–H and O–H groups in total. The Morgan fingerprint density at radius 1 is 1.18 bits per heavy atom. The molecule has 1 aliphatic carbocycles. The molecule has 2 saturated heterocycles. The fourth-order valence-corrected chi connectivity index (χ4v) is 7.64. The van der Waals surface area contributed by atoms with Gasteiger partial charge < -0.3 is 19.4 Å². The quantitative estimate of drug-likeness (QED) is 0.535. The van der Waals surface area contributed by atoms with Gasteiger partial charge in [0, 0.05) is 25.0 Å². The number of nitrogens with one attached hydrogen (secondary N) is 1. The van der Waals surface area contributed by atoms with Crippen molar-refractivity contribution in [3.8, 4) is 5.75 Å². The van der Waals surface area contributed by atoms with Crippen LogP contribution in [0.4, 0.5) is 4.79 Å². The molecule has 4 heterocycles. The first kappa shape index (κ1) is 26.4. The molecular formula is C26H32N4O7S. The number of carbonyl (C=O) groups excluding carboxylic acids is 3. The Labute approximate surface area is 221 Å². The molecule has 0 bridgehead atoms. The monoisotopic (exact) mass is 544 g/mol. The molecule has 3 fully saturated rings. The fourth-order valence-electron chi connectivity index (χ4n) is 5.93. The highest BCUT2D eigenvalue weighted by molar-refractivity contribution is 7.88. The van der Waals surface area contributed by atoms with E-state index in [2.05, 4.69) is 10.3 Å². The second-order valence-corrected chi connectivity index (χ2v) is 12.2. The van der Waals surface area contributed by atoms with Gasteiger partial charge in [0.15, 0.2) is 11.5 Å². The van der Waals surface area contributed by atoms with Gasteiger partial charge in [-0.15, -0.1) is 0 Å². The van der Waals surface area contributed by atoms with Crippen LogP contribution in [0.25, 0.3) is 0 Å². The number of hydrogen-bond acceptors (Lipinski definition) is 8. The van der Waals surface area contributed by atoms with E-state index in [0.29, 0.717) is 18.4 Å². The standard InChI is InChI=1S/C26H32N4O7S/c31-23-15-30(38(34,35)17-19-7-4-10-27-14-19)22-8-11-29(24(22)23)25(32)21(13-18-5-2-1-3-6-18)28-26(33)37-20-9-12-36-16-20/h4,7,9-10,12,14,16,18,21-22,24H,1-3,5-6,8,11,13,15,17H2,(H,28,33). The van der Waals surface area contributed by atoms with Crippen LogP contribution in [-0.4, -0.2) is 71.6 Å². The molecule has 0 aromatic carbocycles. The average molecular weight is 545 g/mol. The number of amides is 2. The second-order valence-electron chi connectivity index (χ2n) is 10.2. The molecular weight excluding hydrogens is 512 g/mol. The highest BCUT2D eigenvalue weighted by atomic mass is 32.2. The molecule has 38 heavy (non-hydrogen) atoms. The molecule has 3 aliphatic rings. The predicted molar refractivity (Wildman–Crippen MR) is 135 cm³/mol. The van der Waals surface area contributed by atoms with Gasteiger partial charge in [-0.2, -0.15) is 4.31 Å². The molecule has 3 atom stereocenters. The molecule has 2 aromatic rings. The first-order valence-electron chi connectivity index (χ1n) is 13.0. The normalized spacial score (nSPS) is 23.3. The summed E-state index contributed by atoms with van der Waals surface area (Å²) in [4.78, 5) is 44.9. The van der Waals surface area contributed by atoms with Crippen LogP contribution >= 0.6 is 0 Å². The van der Waals surface area contributed by atoms with Crippen molar-refractivity contribution in [2.75, 3.05) is 13.1 Å². The maximum absolute atomic E-state index is 13.8. The molecule has 11 nitrogen and oxygen atoms in total. The minimum Gasteiger partial charge on any atom is -0.469 e. The van der Waals surface area contributed by atoms with Gasteiger partial charge in [0.2, 0.25) is 15.9 Å². The molecule has 2 aromatic heterocycles. The van der Waals surface area contributed by atoms with E-state index >= 15 is 0 Å². The largest absolute Gasteiger partial charge is 0.469 e. The Kier molecular flexibility index (Phi) is 7.80. The van der Waals surface area contributed by atoms with E-state index in [0.717, 1.165) is 32.1 Å². The topological polar surface area (TPSA) is 139 Å². The van der Waals surface area contributed by atoms with Crippen LogP contribution in [0.15, 0.2) is 47.5 Å². The average Bonchev–Trinajstić information content (AvgIpc) is 3.63. The van der Waals surface area contributed by atoms with Crippen molar-refractivity contribution in [2.45, 2.75) is 68.8 Å². The Hall–Kier alpha value is -3.25. The van der Waals surface area contributed by atoms with Crippen molar-refractivity contribution in [3.05, 3.63) is 48.7 Å². The van der Waals surface area contributed by atoms with Gasteiger partial charge in [-0.3, -0.25) is 14.6 Å². The molecule has 204 valence electrons. The molecule has 2 amide bonds. The molecule has 0 spiro atoms. The number of sulfonamides is 1. The van der Waals surface area contributed by atoms with Gasteiger partial charge in [0.1, 0.15) is 18.3 Å². The SMILES string of the molecule is O=C(NC(CC1CCCCC1)C(=O)N1CCC2C1C(=O)CN2S(=O)(=O)Cc1cccnc1)Oc1ccoc1. The lowest BCUT2D eigenvalue weighted by molar-refractivity contribution is -0.138. The van der Waals surface area contributed by atoms with Crippen molar-refractivity contribution in [1.29, 1.82) is 0 Å². The van der Waals surface area contributed by atoms with E-state index in [4.69, 9.17) is 9.15 Å². The summed E-state index contributed by atoms with van der Waals surface area (Å²) >= 11 is 0. The summed E-state index contributed by atoms with van der Waals surface area (Å²) < 4.78 is 37.8. The third kappa shape index (κ3) is 5.75. The van der Waals surface area contributed by atoms with Crippen LogP contribution in [0.3, 0.4) is 0 Å². The molecule has 12 heteroatoms. The number of furan rings is 1. The summed E-state index contributed by atoms with van der Waals surface area (Å²) in [6.45, 7) is -0.0383. The number of carbonyl (C=O) groups is 3. The van der Waals surface area contributed by atoms with Crippen molar-refractivity contribution in [2.24, 2.45) is 5.92 Å². The maximum Gasteiger partial charge on any atom is 0.413 e. The van der Waals surface area contributed by atoms with Crippen LogP contribution in [0.2, 0.25) is 0 Å². The van der Waals surface area contributed by atoms with Gasteiger partial charge >= 0.3 is 6.09 Å². The molecule has 3 unspecified atom stereocenters. The summed E-state index contributed by atoms with van der Waals surface area (Å²) in [5, 5.41) is 2.70. The van der Waals surface area contributed by atoms with Crippen molar-refractivity contribution >= 4 is 27.8 Å². The zero-order valence-corrected chi connectivity index (χ0v) is 21.8. The summed E-state index contributed by atoms with van der Waals surface area (Å²) in [6.07, 6.45) is 10.9. The van der Waals surface area contributed by atoms with Crippen LogP contribution in [-0.2, 0) is 25.4 Å². The van der Waals surface area contributed by atoms with Crippen molar-refractivity contribution in [1.82, 2.24) is 19.5 Å². The summed E-state index contributed by atoms with van der Waals surface area (Å²) in [6, 6.07) is 2.45. The zero-order valence-electron chi connectivity index (χ0n) is 21.0. The Balaban J connectivity index is 1.31. The van der Waals surface area contributed by atoms with Gasteiger partial charge in [-0.1, -0.05) is 38.2 Å². The number of likely N-dealkylation sites (tertiary alicyclic amines) is 1. The van der Waals surface area contributed by atoms with E-state index < -0.39 is 34.2 Å². The summed E-state index contributed by atoms with van der Waals surface area (Å²) in [5.41, 5.74) is 0.530. The lowest BCUT2D eigenvalue weighted by Crippen LogP contribution is -2.53. The van der Waals surface area contributed by atoms with Crippen molar-refractivity contribution in [3.63, 3.8) is 0 Å². The summed E-state index contributed by atoms with van der Waals surface area (Å²) in [7, 11) is -3.80. The van der Waals surface area contributed by atoms with Gasteiger partial charge in [0.25, 0.3) is 0 Å². The van der Waals surface area contributed by atoms with Gasteiger partial charge in [-0.25, -0.2) is 13.2 Å². The second kappa shape index (κ2) is 11.2. The van der Waals surface area contributed by atoms with E-state index in [1.165, 1.54) is 34.0 Å². The third-order valence-electron chi connectivity index (χ3n) is 7.68. The minimum atomic E-state index is -3.80. The van der Waals surface area contributed by atoms with Gasteiger partial charge in [-0.05, 0) is 30.4 Å². The van der Waals surface area contributed by atoms with E-state index in [1.807, 2.05) is 0 Å². The Morgan fingerprint density at radius 3 is 2.71 bits per heavy atom. The molecule has 2 aliphatic heterocycles. The Bertz CT molecular complexity index is 1250. The van der Waals surface area contributed by atoms with Crippen LogP contribution < -0.4 is 10.1 Å². The number of hydrogen-bond donors (Lipinski definition) is 1. The van der Waals surface area contributed by atoms with E-state index in [9.17, 15) is 22.8 Å². The van der Waals surface area contributed by atoms with Crippen molar-refractivity contribution < 1.29 is 32.0 Å². The first-order chi connectivity index (χ1) is 18.3. The number of nitrogens with zero attached hydrogens (tertiary/aromatic N) is 3. The van der Waals surface area contributed by atoms with Crippen LogP contribution in [0.1, 0.15) is 50.5 Å². The highest BCUT2D eigenvalue weighted by Crippen LogP contribution is 2.34. The number of ketones is 1. The fraction of sp³-hybridized carbons (Fsp3) is 0.538. The molecule has 1 saturated carbocycles. The summed E-state index contributed by atoms with van der Waals surface area (Å²) in [5.74, 6) is -0.481. The number of rotatable bonds is 8. The number of Topliss-reactive ketones (excluding diaryl/α,β-unsaturated/α-hetero) is 1. The minimum absolute atomic E-state index is 0.216. The lowest BCUT2D eigenvalue weighted by atomic mass is 9.84. The van der Waals surface area contributed by atoms with Gasteiger partial charge in [0.05, 0.1) is 24.6 Å². The zero-order chi connectivity index (χ0) is 26.7. The molecule has 0 radical (unpaired) electrons. The number of ether oxygens (including phenoxy) is 1. The first-order valence-corrected chi connectivity index (χ1v) is 14.6. The van der Waals surface area contributed by atoms with Crippen LogP contribution in [0, 0.1) is 5.92 Å². The lowest BCUT2D eigenvalue weighted by Gasteiger charge is -2.31. The maximum atomic E-state index is 13.8. The highest BCUT2D eigenvalue weighted by Gasteiger charge is 2.54. The number of aromatic nitrogens is 1. The van der Waals surface area contributed by atoms with E-state index in [1.54, 1.807) is 18.3 Å². The number of fused-ring (bicyclic) bond motifs is 1. The third-order valence-corrected chi connectivity index (χ3v) is 9.49. The Morgan fingerprint density at radius 2 is 2.00 bits per heavy atom.